The van der Waals surface area contributed by atoms with Crippen molar-refractivity contribution in [2.45, 2.75) is 42.2 Å². The lowest BCUT2D eigenvalue weighted by molar-refractivity contribution is 0.497. The molecule has 1 aliphatic rings. The second kappa shape index (κ2) is 6.67. The number of halogens is 2. The third kappa shape index (κ3) is 3.33. The molecule has 2 aromatic rings. The topological polar surface area (TPSA) is 35.1 Å². The molecule has 2 nitrogen and oxygen atoms in total. The lowest BCUT2D eigenvalue weighted by Crippen LogP contribution is -2.41. The molecule has 128 valence electrons. The highest BCUT2D eigenvalue weighted by atomic mass is 32.2. The normalized spacial score (nSPS) is 18.5. The first-order valence-corrected chi connectivity index (χ1v) is 9.79. The van der Waals surface area contributed by atoms with Gasteiger partial charge >= 0.3 is 0 Å². The van der Waals surface area contributed by atoms with Crippen LogP contribution in [-0.2, 0) is 17.1 Å². The van der Waals surface area contributed by atoms with Crippen LogP contribution in [0.5, 0.6) is 0 Å². The van der Waals surface area contributed by atoms with Gasteiger partial charge in [-0.3, -0.25) is 0 Å². The lowest BCUT2D eigenvalue weighted by Gasteiger charge is -2.29. The monoisotopic (exact) mass is 367 g/mol. The van der Waals surface area contributed by atoms with E-state index in [2.05, 4.69) is 4.72 Å². The molecule has 0 spiro atoms. The Balaban J connectivity index is 2.13. The summed E-state index contributed by atoms with van der Waals surface area (Å²) in [5.41, 5.74) is 1.91. The molecule has 0 amide bonds. The zero-order valence-electron chi connectivity index (χ0n) is 13.7. The zero-order valence-corrected chi connectivity index (χ0v) is 15.4. The van der Waals surface area contributed by atoms with Crippen LogP contribution in [-0.4, -0.2) is 9.30 Å². The number of hydrogen-bond acceptors (Lipinski definition) is 3. The van der Waals surface area contributed by atoms with Crippen LogP contribution in [0.2, 0.25) is 0 Å². The van der Waals surface area contributed by atoms with E-state index in [4.69, 9.17) is 0 Å². The van der Waals surface area contributed by atoms with Crippen LogP contribution in [0.15, 0.2) is 41.3 Å². The van der Waals surface area contributed by atoms with E-state index in [0.29, 0.717) is 16.9 Å². The van der Waals surface area contributed by atoms with Crippen molar-refractivity contribution in [2.75, 3.05) is 0 Å². The lowest BCUT2D eigenvalue weighted by atomic mass is 9.95. The quantitative estimate of drug-likeness (QED) is 0.781. The maximum absolute atomic E-state index is 14.3. The van der Waals surface area contributed by atoms with Gasteiger partial charge in [0.15, 0.2) is 11.6 Å². The number of benzene rings is 2. The summed E-state index contributed by atoms with van der Waals surface area (Å²) < 4.78 is 43.3. The molecule has 0 fully saturated rings. The van der Waals surface area contributed by atoms with Crippen molar-refractivity contribution >= 4 is 23.1 Å². The molecular weight excluding hydrogens is 348 g/mol. The van der Waals surface area contributed by atoms with Gasteiger partial charge in [0.1, 0.15) is 10.8 Å². The Bertz CT molecular complexity index is 761. The van der Waals surface area contributed by atoms with Gasteiger partial charge in [0.05, 0.1) is 0 Å². The van der Waals surface area contributed by atoms with Crippen molar-refractivity contribution in [3.63, 3.8) is 0 Å². The summed E-state index contributed by atoms with van der Waals surface area (Å²) in [6.07, 6.45) is 0. The highest BCUT2D eigenvalue weighted by Crippen LogP contribution is 2.41. The highest BCUT2D eigenvalue weighted by molar-refractivity contribution is 7.98. The predicted octanol–water partition coefficient (Wildman–Crippen LogP) is 4.71. The SMILES string of the molecule is CC(C)(C)[S+]([O-])N[C@@H]1c2ccccc2SCc2c1ccc(F)c2F. The second-order valence-electron chi connectivity index (χ2n) is 6.69. The van der Waals surface area contributed by atoms with Crippen LogP contribution in [0.3, 0.4) is 0 Å². The molecule has 2 atom stereocenters. The number of nitrogens with one attached hydrogen (secondary N) is 1. The molecule has 1 aliphatic heterocycles. The zero-order chi connectivity index (χ0) is 17.5. The first kappa shape index (κ1) is 17.7. The van der Waals surface area contributed by atoms with E-state index in [1.807, 2.05) is 45.0 Å². The van der Waals surface area contributed by atoms with E-state index >= 15 is 0 Å². The molecule has 1 N–H and O–H groups in total. The van der Waals surface area contributed by atoms with Crippen LogP contribution < -0.4 is 4.72 Å². The van der Waals surface area contributed by atoms with Crippen LogP contribution in [0.4, 0.5) is 8.78 Å². The summed E-state index contributed by atoms with van der Waals surface area (Å²) in [6, 6.07) is 10.00. The Morgan fingerprint density at radius 3 is 2.54 bits per heavy atom. The van der Waals surface area contributed by atoms with Crippen LogP contribution in [0.25, 0.3) is 0 Å². The summed E-state index contributed by atoms with van der Waals surface area (Å²) in [7, 11) is 0. The Morgan fingerprint density at radius 2 is 1.83 bits per heavy atom. The predicted molar refractivity (Wildman–Crippen MR) is 95.2 cm³/mol. The summed E-state index contributed by atoms with van der Waals surface area (Å²) in [4.78, 5) is 0.983. The van der Waals surface area contributed by atoms with Crippen molar-refractivity contribution in [3.05, 3.63) is 64.7 Å². The largest absolute Gasteiger partial charge is 0.598 e. The second-order valence-corrected chi connectivity index (χ2v) is 9.70. The van der Waals surface area contributed by atoms with Gasteiger partial charge in [0.2, 0.25) is 0 Å². The fourth-order valence-corrected chi connectivity index (χ4v) is 4.55. The van der Waals surface area contributed by atoms with Gasteiger partial charge in [-0.15, -0.1) is 16.5 Å². The Morgan fingerprint density at radius 1 is 1.12 bits per heavy atom. The van der Waals surface area contributed by atoms with E-state index in [1.54, 1.807) is 6.07 Å². The van der Waals surface area contributed by atoms with Crippen LogP contribution in [0.1, 0.15) is 43.5 Å². The molecule has 0 saturated heterocycles. The molecule has 6 heteroatoms. The minimum Gasteiger partial charge on any atom is -0.598 e. The van der Waals surface area contributed by atoms with Crippen molar-refractivity contribution in [1.29, 1.82) is 0 Å². The van der Waals surface area contributed by atoms with Gasteiger partial charge < -0.3 is 4.55 Å². The van der Waals surface area contributed by atoms with Gasteiger partial charge in [-0.25, -0.2) is 8.78 Å². The van der Waals surface area contributed by atoms with Gasteiger partial charge in [-0.1, -0.05) is 24.3 Å². The Hall–Kier alpha value is -1.08. The van der Waals surface area contributed by atoms with Gasteiger partial charge in [-0.05, 0) is 44.0 Å². The molecule has 3 rings (SSSR count). The molecule has 0 bridgehead atoms. The molecule has 1 heterocycles. The van der Waals surface area contributed by atoms with Crippen molar-refractivity contribution in [1.82, 2.24) is 4.72 Å². The molecule has 24 heavy (non-hydrogen) atoms. The molecular formula is C18H19F2NOS2. The minimum absolute atomic E-state index is 0.333. The summed E-state index contributed by atoms with van der Waals surface area (Å²) in [5.74, 6) is -1.33. The number of thioether (sulfide) groups is 1. The summed E-state index contributed by atoms with van der Waals surface area (Å²) in [6.45, 7) is 5.62. The van der Waals surface area contributed by atoms with Crippen LogP contribution >= 0.6 is 11.8 Å². The summed E-state index contributed by atoms with van der Waals surface area (Å²) in [5, 5.41) is 0. The van der Waals surface area contributed by atoms with E-state index < -0.39 is 33.8 Å². The average Bonchev–Trinajstić information content (AvgIpc) is 2.68. The maximum Gasteiger partial charge on any atom is 0.163 e. The van der Waals surface area contributed by atoms with Gasteiger partial charge in [-0.2, -0.15) is 0 Å². The molecule has 0 aromatic heterocycles. The molecule has 1 unspecified atom stereocenters. The average molecular weight is 367 g/mol. The third-order valence-electron chi connectivity index (χ3n) is 3.93. The highest BCUT2D eigenvalue weighted by Gasteiger charge is 2.34. The third-order valence-corrected chi connectivity index (χ3v) is 6.60. The molecule has 0 saturated carbocycles. The molecule has 2 aromatic carbocycles. The van der Waals surface area contributed by atoms with E-state index in [0.717, 1.165) is 16.5 Å². The fraction of sp³-hybridized carbons (Fsp3) is 0.333. The maximum atomic E-state index is 14.3. The van der Waals surface area contributed by atoms with E-state index in [1.165, 1.54) is 11.8 Å². The van der Waals surface area contributed by atoms with E-state index in [9.17, 15) is 13.3 Å². The summed E-state index contributed by atoms with van der Waals surface area (Å²) >= 11 is 0.123. The van der Waals surface area contributed by atoms with Crippen molar-refractivity contribution in [3.8, 4) is 0 Å². The number of hydrogen-bond donors (Lipinski definition) is 1. The minimum atomic E-state index is -1.34. The Labute approximate surface area is 148 Å². The first-order chi connectivity index (χ1) is 11.3. The van der Waals surface area contributed by atoms with Gasteiger partial charge in [0, 0.05) is 27.6 Å². The van der Waals surface area contributed by atoms with Crippen molar-refractivity contribution in [2.24, 2.45) is 0 Å². The van der Waals surface area contributed by atoms with Gasteiger partial charge in [0.25, 0.3) is 0 Å². The number of fused-ring (bicyclic) bond motifs is 2. The van der Waals surface area contributed by atoms with E-state index in [-0.39, 0.29) is 0 Å². The molecule has 0 radical (unpaired) electrons. The Kier molecular flexibility index (Phi) is 4.93. The number of rotatable bonds is 2. The molecule has 0 aliphatic carbocycles. The smallest absolute Gasteiger partial charge is 0.163 e. The van der Waals surface area contributed by atoms with Crippen molar-refractivity contribution < 1.29 is 13.3 Å². The first-order valence-electron chi connectivity index (χ1n) is 7.65. The standard InChI is InChI=1S/C18H19F2NOS2/c1-18(2,3)24(22)21-17-11-8-9-14(19)16(20)13(11)10-23-15-7-5-4-6-12(15)17/h4-9,17,21H,10H2,1-3H3/t17-,24?/m0/s1. The van der Waals surface area contributed by atoms with Crippen LogP contribution in [0, 0.1) is 11.6 Å². The fourth-order valence-electron chi connectivity index (χ4n) is 2.60.